The number of hydrogen-bond acceptors (Lipinski definition) is 3. The van der Waals surface area contributed by atoms with E-state index in [1.807, 2.05) is 31.0 Å². The van der Waals surface area contributed by atoms with Crippen LogP contribution in [-0.2, 0) is 11.2 Å². The predicted molar refractivity (Wildman–Crippen MR) is 85.2 cm³/mol. The van der Waals surface area contributed by atoms with Gasteiger partial charge in [0.25, 0.3) is 0 Å². The highest BCUT2D eigenvalue weighted by Crippen LogP contribution is 2.22. The van der Waals surface area contributed by atoms with Crippen molar-refractivity contribution in [3.8, 4) is 0 Å². The Morgan fingerprint density at radius 3 is 2.86 bits per heavy atom. The van der Waals surface area contributed by atoms with Gasteiger partial charge in [-0.25, -0.2) is 4.39 Å². The van der Waals surface area contributed by atoms with Crippen LogP contribution in [0.4, 0.5) is 10.1 Å². The summed E-state index contributed by atoms with van der Waals surface area (Å²) in [6.07, 6.45) is 5.26. The lowest BCUT2D eigenvalue weighted by Gasteiger charge is -2.29. The molecule has 1 fully saturated rings. The van der Waals surface area contributed by atoms with Crippen molar-refractivity contribution >= 4 is 5.69 Å². The van der Waals surface area contributed by atoms with Gasteiger partial charge < -0.3 is 15.4 Å². The largest absolute Gasteiger partial charge is 0.376 e. The second-order valence-corrected chi connectivity index (χ2v) is 6.03. The Balaban J connectivity index is 1.98. The van der Waals surface area contributed by atoms with Gasteiger partial charge in [0.2, 0.25) is 0 Å². The van der Waals surface area contributed by atoms with E-state index in [-0.39, 0.29) is 18.0 Å². The number of benzene rings is 1. The Bertz CT molecular complexity index is 446. The fraction of sp³-hybridized carbons (Fsp3) is 0.647. The Labute approximate surface area is 127 Å². The summed E-state index contributed by atoms with van der Waals surface area (Å²) in [5.41, 5.74) is 7.53. The third-order valence-electron chi connectivity index (χ3n) is 4.20. The molecule has 0 aromatic heterocycles. The van der Waals surface area contributed by atoms with Gasteiger partial charge in [-0.1, -0.05) is 13.0 Å². The minimum Gasteiger partial charge on any atom is -0.376 e. The summed E-state index contributed by atoms with van der Waals surface area (Å²) >= 11 is 0. The predicted octanol–water partition coefficient (Wildman–Crippen LogP) is 3.11. The second-order valence-electron chi connectivity index (χ2n) is 6.03. The van der Waals surface area contributed by atoms with Crippen molar-refractivity contribution in [2.45, 2.75) is 51.2 Å². The minimum absolute atomic E-state index is 0.101. The van der Waals surface area contributed by atoms with Crippen molar-refractivity contribution in [3.63, 3.8) is 0 Å². The maximum absolute atomic E-state index is 14.3. The molecule has 1 aromatic carbocycles. The zero-order valence-electron chi connectivity index (χ0n) is 13.1. The van der Waals surface area contributed by atoms with Gasteiger partial charge in [-0.05, 0) is 49.8 Å². The monoisotopic (exact) mass is 294 g/mol. The van der Waals surface area contributed by atoms with Crippen LogP contribution in [-0.4, -0.2) is 32.3 Å². The van der Waals surface area contributed by atoms with Gasteiger partial charge >= 0.3 is 0 Å². The SMILES string of the molecule is CCC(N)Cc1ccc(N(C)CC2CCCCO2)c(F)c1. The average Bonchev–Trinajstić information content (AvgIpc) is 2.48. The quantitative estimate of drug-likeness (QED) is 0.876. The molecule has 1 aromatic rings. The van der Waals surface area contributed by atoms with Crippen LogP contribution in [0.1, 0.15) is 38.2 Å². The molecule has 0 aliphatic carbocycles. The number of nitrogens with two attached hydrogens (primary N) is 1. The van der Waals surface area contributed by atoms with Crippen molar-refractivity contribution in [2.75, 3.05) is 25.1 Å². The van der Waals surface area contributed by atoms with Crippen molar-refractivity contribution in [3.05, 3.63) is 29.6 Å². The summed E-state index contributed by atoms with van der Waals surface area (Å²) < 4.78 is 20.0. The Morgan fingerprint density at radius 1 is 1.43 bits per heavy atom. The van der Waals surface area contributed by atoms with Gasteiger partial charge in [0.1, 0.15) is 5.82 Å². The molecule has 21 heavy (non-hydrogen) atoms. The molecule has 0 bridgehead atoms. The minimum atomic E-state index is -0.172. The average molecular weight is 294 g/mol. The van der Waals surface area contributed by atoms with E-state index >= 15 is 0 Å². The number of halogens is 1. The molecule has 2 rings (SSSR count). The van der Waals surface area contributed by atoms with Gasteiger partial charge in [0, 0.05) is 26.2 Å². The normalized spacial score (nSPS) is 20.3. The van der Waals surface area contributed by atoms with Crippen LogP contribution in [0.5, 0.6) is 0 Å². The van der Waals surface area contributed by atoms with E-state index in [2.05, 4.69) is 0 Å². The number of likely N-dealkylation sites (N-methyl/N-ethyl adjacent to an activating group) is 1. The molecule has 1 aliphatic rings. The summed E-state index contributed by atoms with van der Waals surface area (Å²) in [6.45, 7) is 3.62. The number of anilines is 1. The zero-order valence-corrected chi connectivity index (χ0v) is 13.1. The maximum atomic E-state index is 14.3. The third kappa shape index (κ3) is 4.68. The lowest BCUT2D eigenvalue weighted by molar-refractivity contribution is 0.0215. The zero-order chi connectivity index (χ0) is 15.2. The van der Waals surface area contributed by atoms with E-state index in [1.165, 1.54) is 6.42 Å². The molecule has 2 atom stereocenters. The molecule has 1 heterocycles. The van der Waals surface area contributed by atoms with Gasteiger partial charge in [-0.15, -0.1) is 0 Å². The van der Waals surface area contributed by atoms with Crippen LogP contribution in [0, 0.1) is 5.82 Å². The molecule has 4 heteroatoms. The van der Waals surface area contributed by atoms with Crippen molar-refractivity contribution in [1.82, 2.24) is 0 Å². The van der Waals surface area contributed by atoms with E-state index in [0.717, 1.165) is 44.4 Å². The summed E-state index contributed by atoms with van der Waals surface area (Å²) in [5, 5.41) is 0. The van der Waals surface area contributed by atoms with Crippen molar-refractivity contribution in [1.29, 1.82) is 0 Å². The smallest absolute Gasteiger partial charge is 0.146 e. The summed E-state index contributed by atoms with van der Waals surface area (Å²) in [6, 6.07) is 5.55. The number of nitrogens with zero attached hydrogens (tertiary/aromatic N) is 1. The van der Waals surface area contributed by atoms with Crippen LogP contribution in [0.25, 0.3) is 0 Å². The maximum Gasteiger partial charge on any atom is 0.146 e. The first-order valence-corrected chi connectivity index (χ1v) is 7.97. The fourth-order valence-corrected chi connectivity index (χ4v) is 2.79. The van der Waals surface area contributed by atoms with Crippen LogP contribution in [0.3, 0.4) is 0 Å². The van der Waals surface area contributed by atoms with Gasteiger partial charge in [-0.3, -0.25) is 0 Å². The molecule has 0 radical (unpaired) electrons. The van der Waals surface area contributed by atoms with E-state index < -0.39 is 0 Å². The van der Waals surface area contributed by atoms with E-state index in [0.29, 0.717) is 5.69 Å². The first-order chi connectivity index (χ1) is 10.1. The van der Waals surface area contributed by atoms with Crippen molar-refractivity contribution in [2.24, 2.45) is 5.73 Å². The molecular weight excluding hydrogens is 267 g/mol. The van der Waals surface area contributed by atoms with Gasteiger partial charge in [0.15, 0.2) is 0 Å². The molecule has 118 valence electrons. The first kappa shape index (κ1) is 16.2. The lowest BCUT2D eigenvalue weighted by atomic mass is 10.0. The molecule has 3 nitrogen and oxygen atoms in total. The molecule has 1 aliphatic heterocycles. The first-order valence-electron chi connectivity index (χ1n) is 7.97. The summed E-state index contributed by atoms with van der Waals surface area (Å²) in [7, 11) is 1.92. The number of rotatable bonds is 6. The summed E-state index contributed by atoms with van der Waals surface area (Å²) in [5.74, 6) is -0.172. The van der Waals surface area contributed by atoms with Crippen LogP contribution >= 0.6 is 0 Å². The molecule has 0 spiro atoms. The molecule has 0 amide bonds. The van der Waals surface area contributed by atoms with Crippen LogP contribution < -0.4 is 10.6 Å². The van der Waals surface area contributed by atoms with E-state index in [9.17, 15) is 4.39 Å². The summed E-state index contributed by atoms with van der Waals surface area (Å²) in [4.78, 5) is 1.95. The van der Waals surface area contributed by atoms with Gasteiger partial charge in [0.05, 0.1) is 11.8 Å². The molecule has 1 saturated heterocycles. The standard InChI is InChI=1S/C17H27FN2O/c1-3-14(19)10-13-7-8-17(16(18)11-13)20(2)12-15-6-4-5-9-21-15/h7-8,11,14-15H,3-6,9-10,12,19H2,1-2H3. The highest BCUT2D eigenvalue weighted by atomic mass is 19.1. The fourth-order valence-electron chi connectivity index (χ4n) is 2.79. The number of hydrogen-bond donors (Lipinski definition) is 1. The van der Waals surface area contributed by atoms with Gasteiger partial charge in [-0.2, -0.15) is 0 Å². The lowest BCUT2D eigenvalue weighted by Crippen LogP contribution is -2.33. The molecule has 0 saturated carbocycles. The second kappa shape index (κ2) is 7.76. The van der Waals surface area contributed by atoms with Crippen LogP contribution in [0.2, 0.25) is 0 Å². The third-order valence-corrected chi connectivity index (χ3v) is 4.20. The molecular formula is C17H27FN2O. The van der Waals surface area contributed by atoms with Crippen LogP contribution in [0.15, 0.2) is 18.2 Å². The molecule has 2 unspecified atom stereocenters. The Morgan fingerprint density at radius 2 is 2.24 bits per heavy atom. The molecule has 2 N–H and O–H groups in total. The van der Waals surface area contributed by atoms with Crippen molar-refractivity contribution < 1.29 is 9.13 Å². The topological polar surface area (TPSA) is 38.5 Å². The Hall–Kier alpha value is -1.13. The van der Waals surface area contributed by atoms with E-state index in [4.69, 9.17) is 10.5 Å². The number of ether oxygens (including phenoxy) is 1. The Kier molecular flexibility index (Phi) is 6.00. The highest BCUT2D eigenvalue weighted by molar-refractivity contribution is 5.48. The highest BCUT2D eigenvalue weighted by Gasteiger charge is 2.18. The van der Waals surface area contributed by atoms with E-state index in [1.54, 1.807) is 6.07 Å².